The van der Waals surface area contributed by atoms with Crippen LogP contribution in [0.2, 0.25) is 5.02 Å². The lowest BCUT2D eigenvalue weighted by Gasteiger charge is -2.29. The van der Waals surface area contributed by atoms with Crippen LogP contribution in [0.15, 0.2) is 73.1 Å². The molecule has 0 fully saturated rings. The molecule has 0 bridgehead atoms. The lowest BCUT2D eigenvalue weighted by atomic mass is 10.0. The highest BCUT2D eigenvalue weighted by Crippen LogP contribution is 2.29. The van der Waals surface area contributed by atoms with E-state index in [2.05, 4.69) is 15.3 Å². The van der Waals surface area contributed by atoms with Crippen LogP contribution >= 0.6 is 11.6 Å². The molecule has 0 spiro atoms. The molecule has 1 aliphatic heterocycles. The van der Waals surface area contributed by atoms with E-state index in [1.54, 1.807) is 28.8 Å². The predicted molar refractivity (Wildman–Crippen MR) is 132 cm³/mol. The van der Waals surface area contributed by atoms with E-state index in [-0.39, 0.29) is 5.75 Å². The number of sulfonamides is 1. The summed E-state index contributed by atoms with van der Waals surface area (Å²) in [6.45, 7) is 0.789. The molecule has 2 aromatic carbocycles. The van der Waals surface area contributed by atoms with Gasteiger partial charge in [-0.2, -0.15) is 4.31 Å². The molecule has 0 amide bonds. The molecule has 0 saturated heterocycles. The lowest BCUT2D eigenvalue weighted by Crippen LogP contribution is -2.38. The number of nitrogens with zero attached hydrogens (tertiary/aromatic N) is 3. The van der Waals surface area contributed by atoms with Gasteiger partial charge in [-0.1, -0.05) is 41.9 Å². The van der Waals surface area contributed by atoms with E-state index in [1.807, 2.05) is 48.5 Å². The summed E-state index contributed by atoms with van der Waals surface area (Å²) < 4.78 is 27.6. The number of nitrogens with one attached hydrogen (secondary N) is 1. The molecule has 4 aromatic rings. The van der Waals surface area contributed by atoms with E-state index < -0.39 is 10.0 Å². The van der Waals surface area contributed by atoms with E-state index in [4.69, 9.17) is 11.6 Å². The molecule has 168 valence electrons. The zero-order chi connectivity index (χ0) is 22.8. The van der Waals surface area contributed by atoms with Crippen LogP contribution in [0, 0.1) is 0 Å². The first-order valence-electron chi connectivity index (χ1n) is 10.8. The predicted octanol–water partition coefficient (Wildman–Crippen LogP) is 4.96. The summed E-state index contributed by atoms with van der Waals surface area (Å²) in [4.78, 5) is 9.02. The molecule has 3 heterocycles. The number of para-hydroxylation sites is 1. The van der Waals surface area contributed by atoms with Gasteiger partial charge in [-0.3, -0.25) is 4.98 Å². The van der Waals surface area contributed by atoms with Gasteiger partial charge >= 0.3 is 0 Å². The van der Waals surface area contributed by atoms with Gasteiger partial charge in [0.1, 0.15) is 5.82 Å². The molecule has 33 heavy (non-hydrogen) atoms. The molecule has 0 saturated carbocycles. The summed E-state index contributed by atoms with van der Waals surface area (Å²) in [5.41, 5.74) is 4.77. The number of halogens is 1. The zero-order valence-electron chi connectivity index (χ0n) is 17.9. The molecule has 1 N–H and O–H groups in total. The highest BCUT2D eigenvalue weighted by molar-refractivity contribution is 7.89. The van der Waals surface area contributed by atoms with Crippen molar-refractivity contribution in [1.82, 2.24) is 14.3 Å². The molecule has 0 atom stereocenters. The van der Waals surface area contributed by atoms with Crippen LogP contribution in [0.5, 0.6) is 0 Å². The van der Waals surface area contributed by atoms with Crippen LogP contribution in [0.4, 0.5) is 11.5 Å². The van der Waals surface area contributed by atoms with E-state index in [9.17, 15) is 8.42 Å². The highest BCUT2D eigenvalue weighted by Gasteiger charge is 2.28. The first-order chi connectivity index (χ1) is 16.0. The fourth-order valence-corrected chi connectivity index (χ4v) is 5.70. The number of aromatic nitrogens is 2. The highest BCUT2D eigenvalue weighted by atomic mass is 35.5. The minimum absolute atomic E-state index is 0.0723. The maximum atomic E-state index is 13.0. The molecular formula is C25H23ClN4O2S. The quantitative estimate of drug-likeness (QED) is 0.424. The monoisotopic (exact) mass is 478 g/mol. The molecule has 5 rings (SSSR count). The van der Waals surface area contributed by atoms with Gasteiger partial charge in [0.05, 0.1) is 23.2 Å². The Morgan fingerprint density at radius 3 is 2.70 bits per heavy atom. The minimum Gasteiger partial charge on any atom is -0.339 e. The molecule has 1 aliphatic rings. The Bertz CT molecular complexity index is 1410. The van der Waals surface area contributed by atoms with Gasteiger partial charge < -0.3 is 5.32 Å². The smallest absolute Gasteiger partial charge is 0.214 e. The second-order valence-corrected chi connectivity index (χ2v) is 10.6. The topological polar surface area (TPSA) is 75.2 Å². The largest absolute Gasteiger partial charge is 0.339 e. The molecular weight excluding hydrogens is 456 g/mol. The third-order valence-electron chi connectivity index (χ3n) is 5.92. The number of anilines is 2. The van der Waals surface area contributed by atoms with Crippen LogP contribution in [0.25, 0.3) is 10.9 Å². The van der Waals surface area contributed by atoms with Gasteiger partial charge in [0.15, 0.2) is 0 Å². The van der Waals surface area contributed by atoms with Crippen molar-refractivity contribution >= 4 is 44.0 Å². The molecule has 0 aliphatic carbocycles. The van der Waals surface area contributed by atoms with Gasteiger partial charge in [-0.15, -0.1) is 0 Å². The van der Waals surface area contributed by atoms with Gasteiger partial charge in [0.25, 0.3) is 0 Å². The summed E-state index contributed by atoms with van der Waals surface area (Å²) >= 11 is 5.92. The zero-order valence-corrected chi connectivity index (χ0v) is 19.5. The standard InChI is InChI=1S/C25H23ClN4O2S/c26-21-7-5-18(6-8-21)11-14-33(31,32)30-13-10-23-20(17-30)9-12-27-25(23)29-22-15-19-3-1-2-4-24(19)28-16-22/h1-9,12,15-16H,10-11,13-14,17H2,(H,27,29). The number of fused-ring (bicyclic) bond motifs is 2. The number of hydrogen-bond donors (Lipinski definition) is 1. The Balaban J connectivity index is 1.31. The summed E-state index contributed by atoms with van der Waals surface area (Å²) in [5, 5.41) is 5.07. The third-order valence-corrected chi connectivity index (χ3v) is 7.99. The first-order valence-corrected chi connectivity index (χ1v) is 12.8. The van der Waals surface area contributed by atoms with Crippen molar-refractivity contribution in [3.8, 4) is 0 Å². The molecule has 6 nitrogen and oxygen atoms in total. The van der Waals surface area contributed by atoms with Crippen molar-refractivity contribution < 1.29 is 8.42 Å². The van der Waals surface area contributed by atoms with E-state index >= 15 is 0 Å². The first kappa shape index (κ1) is 21.8. The third kappa shape index (κ3) is 4.85. The van der Waals surface area contributed by atoms with E-state index in [1.165, 1.54) is 0 Å². The number of rotatable bonds is 6. The Labute approximate surface area is 198 Å². The lowest BCUT2D eigenvalue weighted by molar-refractivity contribution is 0.391. The molecule has 0 unspecified atom stereocenters. The summed E-state index contributed by atoms with van der Waals surface area (Å²) in [6.07, 6.45) is 4.58. The average Bonchev–Trinajstić information content (AvgIpc) is 2.83. The van der Waals surface area contributed by atoms with Crippen molar-refractivity contribution in [2.24, 2.45) is 0 Å². The van der Waals surface area contributed by atoms with Crippen LogP contribution in [0.1, 0.15) is 16.7 Å². The van der Waals surface area contributed by atoms with Crippen LogP contribution < -0.4 is 5.32 Å². The summed E-state index contributed by atoms with van der Waals surface area (Å²) in [7, 11) is -3.38. The van der Waals surface area contributed by atoms with Crippen molar-refractivity contribution in [2.45, 2.75) is 19.4 Å². The van der Waals surface area contributed by atoms with Crippen molar-refractivity contribution in [3.05, 3.63) is 94.8 Å². The van der Waals surface area contributed by atoms with Gasteiger partial charge in [0.2, 0.25) is 10.0 Å². The van der Waals surface area contributed by atoms with E-state index in [0.29, 0.717) is 31.0 Å². The fourth-order valence-electron chi connectivity index (χ4n) is 4.11. The van der Waals surface area contributed by atoms with Gasteiger partial charge in [-0.25, -0.2) is 13.4 Å². The SMILES string of the molecule is O=S(=O)(CCc1ccc(Cl)cc1)N1CCc2c(ccnc2Nc2cnc3ccccc3c2)C1. The minimum atomic E-state index is -3.38. The molecule has 0 radical (unpaired) electrons. The van der Waals surface area contributed by atoms with Gasteiger partial charge in [-0.05, 0) is 54.3 Å². The van der Waals surface area contributed by atoms with Crippen molar-refractivity contribution in [2.75, 3.05) is 17.6 Å². The van der Waals surface area contributed by atoms with Crippen molar-refractivity contribution in [3.63, 3.8) is 0 Å². The average molecular weight is 479 g/mol. The van der Waals surface area contributed by atoms with Crippen LogP contribution in [-0.4, -0.2) is 35.0 Å². The molecule has 2 aromatic heterocycles. The Hall–Kier alpha value is -3.00. The second-order valence-electron chi connectivity index (χ2n) is 8.11. The number of benzene rings is 2. The summed E-state index contributed by atoms with van der Waals surface area (Å²) in [6, 6.07) is 19.2. The second kappa shape index (κ2) is 9.09. The number of hydrogen-bond acceptors (Lipinski definition) is 5. The summed E-state index contributed by atoms with van der Waals surface area (Å²) in [5.74, 6) is 0.825. The Morgan fingerprint density at radius 1 is 1.03 bits per heavy atom. The maximum Gasteiger partial charge on any atom is 0.214 e. The number of aryl methyl sites for hydroxylation is 1. The fraction of sp³-hybridized carbons (Fsp3) is 0.200. The van der Waals surface area contributed by atoms with E-state index in [0.717, 1.165) is 39.1 Å². The van der Waals surface area contributed by atoms with Crippen LogP contribution in [-0.2, 0) is 29.4 Å². The Kier molecular flexibility index (Phi) is 6.01. The van der Waals surface area contributed by atoms with Crippen molar-refractivity contribution in [1.29, 1.82) is 0 Å². The number of pyridine rings is 2. The Morgan fingerprint density at radius 2 is 1.85 bits per heavy atom. The van der Waals surface area contributed by atoms with Crippen LogP contribution in [0.3, 0.4) is 0 Å². The van der Waals surface area contributed by atoms with Gasteiger partial charge in [0, 0.05) is 35.3 Å². The molecule has 8 heteroatoms. The normalized spacial score (nSPS) is 14.2. The maximum absolute atomic E-state index is 13.0.